The highest BCUT2D eigenvalue weighted by molar-refractivity contribution is 5.94. The number of nitrogens with zero attached hydrogens (tertiary/aromatic N) is 3. The number of rotatable bonds is 5. The Morgan fingerprint density at radius 2 is 1.97 bits per heavy atom. The molecule has 2 aromatic heterocycles. The molecule has 2 aromatic carbocycles. The van der Waals surface area contributed by atoms with Crippen LogP contribution in [0.5, 0.6) is 5.88 Å². The fourth-order valence-corrected chi connectivity index (χ4v) is 4.30. The molecular weight excluding hydrogens is 412 g/mol. The average Bonchev–Trinajstić information content (AvgIpc) is 3.23. The Bertz CT molecular complexity index is 1240. The molecule has 5 rings (SSSR count). The van der Waals surface area contributed by atoms with Gasteiger partial charge in [0.05, 0.1) is 23.5 Å². The predicted molar refractivity (Wildman–Crippen MR) is 118 cm³/mol. The van der Waals surface area contributed by atoms with Crippen LogP contribution >= 0.6 is 0 Å². The number of hydrogen-bond donors (Lipinski definition) is 2. The van der Waals surface area contributed by atoms with Gasteiger partial charge in [-0.05, 0) is 55.1 Å². The lowest BCUT2D eigenvalue weighted by atomic mass is 9.92. The highest BCUT2D eigenvalue weighted by atomic mass is 19.1. The van der Waals surface area contributed by atoms with Crippen molar-refractivity contribution in [1.82, 2.24) is 25.5 Å². The van der Waals surface area contributed by atoms with Crippen LogP contribution in [0.25, 0.3) is 33.4 Å². The number of ether oxygens (including phenoxy) is 1. The first-order chi connectivity index (χ1) is 15.6. The van der Waals surface area contributed by atoms with E-state index in [1.807, 2.05) is 0 Å². The number of H-pyrrole nitrogens is 1. The maximum absolute atomic E-state index is 14.3. The number of hydrogen-bond acceptors (Lipinski definition) is 5. The first kappa shape index (κ1) is 20.5. The lowest BCUT2D eigenvalue weighted by Gasteiger charge is -2.31. The van der Waals surface area contributed by atoms with Crippen LogP contribution < -0.4 is 10.1 Å². The Kier molecular flexibility index (Phi) is 5.53. The third kappa shape index (κ3) is 3.82. The summed E-state index contributed by atoms with van der Waals surface area (Å²) in [6.45, 7) is 3.93. The van der Waals surface area contributed by atoms with E-state index in [9.17, 15) is 8.78 Å². The molecule has 0 unspecified atom stereocenters. The molecule has 0 aliphatic carbocycles. The highest BCUT2D eigenvalue weighted by Gasteiger charge is 2.26. The number of benzene rings is 2. The maximum Gasteiger partial charge on any atom is 0.233 e. The minimum absolute atomic E-state index is 0.0323. The van der Waals surface area contributed by atoms with Crippen molar-refractivity contribution in [2.45, 2.75) is 25.9 Å². The van der Waals surface area contributed by atoms with Gasteiger partial charge in [0.15, 0.2) is 0 Å². The van der Waals surface area contributed by atoms with E-state index >= 15 is 0 Å². The van der Waals surface area contributed by atoms with E-state index in [0.717, 1.165) is 31.4 Å². The zero-order chi connectivity index (χ0) is 22.1. The first-order valence-corrected chi connectivity index (χ1v) is 10.8. The van der Waals surface area contributed by atoms with Crippen LogP contribution in [-0.2, 0) is 0 Å². The standard InChI is InChI=1S/C24H23F2N5O/c1-2-14-8-9-27-12-21(14)32-22-13-28-11-20(29-22)24-16-10-15(6-7-19(16)30-31-24)23-17(25)4-3-5-18(23)26/h3-7,10-11,13-14,21,27H,2,8-9,12H2,1H3,(H,30,31)/t14-,21-/m0/s1. The topological polar surface area (TPSA) is 75.7 Å². The minimum Gasteiger partial charge on any atom is -0.472 e. The quantitative estimate of drug-likeness (QED) is 0.474. The van der Waals surface area contributed by atoms with E-state index in [-0.39, 0.29) is 11.7 Å². The van der Waals surface area contributed by atoms with Gasteiger partial charge in [-0.1, -0.05) is 19.1 Å². The third-order valence-electron chi connectivity index (χ3n) is 6.03. The number of aromatic nitrogens is 4. The van der Waals surface area contributed by atoms with Crippen LogP contribution in [0, 0.1) is 17.6 Å². The molecule has 2 atom stereocenters. The minimum atomic E-state index is -0.615. The van der Waals surface area contributed by atoms with Crippen LogP contribution in [0.3, 0.4) is 0 Å². The van der Waals surface area contributed by atoms with E-state index in [1.54, 1.807) is 30.6 Å². The SMILES string of the molecule is CC[C@H]1CCNC[C@@H]1Oc1cncc(-c2n[nH]c3ccc(-c4c(F)cccc4F)cc23)n1. The van der Waals surface area contributed by atoms with Crippen molar-refractivity contribution in [1.29, 1.82) is 0 Å². The molecule has 0 radical (unpaired) electrons. The van der Waals surface area contributed by atoms with Crippen molar-refractivity contribution in [3.05, 3.63) is 60.4 Å². The van der Waals surface area contributed by atoms with Crippen molar-refractivity contribution in [2.24, 2.45) is 5.92 Å². The lowest BCUT2D eigenvalue weighted by molar-refractivity contribution is 0.0973. The fraction of sp³-hybridized carbons (Fsp3) is 0.292. The molecule has 0 spiro atoms. The van der Waals surface area contributed by atoms with Gasteiger partial charge in [-0.25, -0.2) is 13.8 Å². The molecule has 3 heterocycles. The molecule has 1 saturated heterocycles. The Morgan fingerprint density at radius 1 is 1.12 bits per heavy atom. The molecule has 0 saturated carbocycles. The Morgan fingerprint density at radius 3 is 2.78 bits per heavy atom. The van der Waals surface area contributed by atoms with Gasteiger partial charge in [0.2, 0.25) is 5.88 Å². The second-order valence-corrected chi connectivity index (χ2v) is 7.99. The second-order valence-electron chi connectivity index (χ2n) is 7.99. The first-order valence-electron chi connectivity index (χ1n) is 10.8. The molecule has 8 heteroatoms. The van der Waals surface area contributed by atoms with Crippen LogP contribution in [-0.4, -0.2) is 39.4 Å². The van der Waals surface area contributed by atoms with Gasteiger partial charge in [-0.3, -0.25) is 10.1 Å². The van der Waals surface area contributed by atoms with Gasteiger partial charge in [-0.15, -0.1) is 0 Å². The van der Waals surface area contributed by atoms with Crippen molar-refractivity contribution in [3.63, 3.8) is 0 Å². The van der Waals surface area contributed by atoms with E-state index < -0.39 is 11.6 Å². The van der Waals surface area contributed by atoms with Gasteiger partial charge in [0, 0.05) is 11.9 Å². The monoisotopic (exact) mass is 435 g/mol. The molecular formula is C24H23F2N5O. The molecule has 1 fully saturated rings. The number of halogens is 2. The van der Waals surface area contributed by atoms with Gasteiger partial charge in [0.25, 0.3) is 0 Å². The largest absolute Gasteiger partial charge is 0.472 e. The Labute approximate surface area is 184 Å². The average molecular weight is 435 g/mol. The molecule has 32 heavy (non-hydrogen) atoms. The third-order valence-corrected chi connectivity index (χ3v) is 6.03. The summed E-state index contributed by atoms with van der Waals surface area (Å²) in [6, 6.07) is 8.97. The Hall–Kier alpha value is -3.39. The fourth-order valence-electron chi connectivity index (χ4n) is 4.30. The zero-order valence-electron chi connectivity index (χ0n) is 17.6. The molecule has 0 amide bonds. The summed E-state index contributed by atoms with van der Waals surface area (Å²) < 4.78 is 34.8. The summed E-state index contributed by atoms with van der Waals surface area (Å²) in [5, 5.41) is 11.4. The highest BCUT2D eigenvalue weighted by Crippen LogP contribution is 2.32. The Balaban J connectivity index is 1.50. The molecule has 2 N–H and O–H groups in total. The van der Waals surface area contributed by atoms with Gasteiger partial charge in [0.1, 0.15) is 29.1 Å². The number of nitrogens with one attached hydrogen (secondary N) is 2. The van der Waals surface area contributed by atoms with E-state index in [1.165, 1.54) is 18.2 Å². The maximum atomic E-state index is 14.3. The van der Waals surface area contributed by atoms with Crippen LogP contribution in [0.4, 0.5) is 8.78 Å². The number of fused-ring (bicyclic) bond motifs is 1. The molecule has 1 aliphatic heterocycles. The van der Waals surface area contributed by atoms with E-state index in [2.05, 4.69) is 32.4 Å². The van der Waals surface area contributed by atoms with Crippen molar-refractivity contribution in [2.75, 3.05) is 13.1 Å². The van der Waals surface area contributed by atoms with E-state index in [4.69, 9.17) is 4.74 Å². The molecule has 0 bridgehead atoms. The number of piperidine rings is 1. The smallest absolute Gasteiger partial charge is 0.233 e. The van der Waals surface area contributed by atoms with Crippen molar-refractivity contribution in [3.8, 4) is 28.4 Å². The van der Waals surface area contributed by atoms with Crippen LogP contribution in [0.2, 0.25) is 0 Å². The van der Waals surface area contributed by atoms with E-state index in [0.29, 0.717) is 34.1 Å². The van der Waals surface area contributed by atoms with Gasteiger partial charge >= 0.3 is 0 Å². The molecule has 1 aliphatic rings. The molecule has 6 nitrogen and oxygen atoms in total. The lowest BCUT2D eigenvalue weighted by Crippen LogP contribution is -2.43. The normalized spacial score (nSPS) is 18.7. The molecule has 164 valence electrons. The van der Waals surface area contributed by atoms with Crippen LogP contribution in [0.1, 0.15) is 19.8 Å². The van der Waals surface area contributed by atoms with Gasteiger partial charge < -0.3 is 10.1 Å². The predicted octanol–water partition coefficient (Wildman–Crippen LogP) is 4.73. The van der Waals surface area contributed by atoms with Crippen molar-refractivity contribution < 1.29 is 13.5 Å². The number of aromatic amines is 1. The zero-order valence-corrected chi connectivity index (χ0v) is 17.6. The summed E-state index contributed by atoms with van der Waals surface area (Å²) in [5.74, 6) is -0.333. The summed E-state index contributed by atoms with van der Waals surface area (Å²) >= 11 is 0. The van der Waals surface area contributed by atoms with Gasteiger partial charge in [-0.2, -0.15) is 5.10 Å². The summed E-state index contributed by atoms with van der Waals surface area (Å²) in [6.07, 6.45) is 5.34. The molecule has 4 aromatic rings. The summed E-state index contributed by atoms with van der Waals surface area (Å²) in [7, 11) is 0. The van der Waals surface area contributed by atoms with Crippen LogP contribution in [0.15, 0.2) is 48.8 Å². The summed E-state index contributed by atoms with van der Waals surface area (Å²) in [4.78, 5) is 8.91. The second kappa shape index (κ2) is 8.63. The summed E-state index contributed by atoms with van der Waals surface area (Å²) in [5.41, 5.74) is 2.16. The van der Waals surface area contributed by atoms with Crippen molar-refractivity contribution >= 4 is 10.9 Å².